The van der Waals surface area contributed by atoms with Gasteiger partial charge in [0.25, 0.3) is 5.91 Å². The van der Waals surface area contributed by atoms with Crippen LogP contribution < -0.4 is 5.32 Å². The standard InChI is InChI=1S/C14H14N2O5/c1-14(20,11-6-3-7-21-11)8-15-12(17)9-4-2-5-10(16-9)13(18)19/h2-7,20H,8H2,1H3,(H,15,17)(H,18,19). The van der Waals surface area contributed by atoms with E-state index in [1.165, 1.54) is 31.4 Å². The van der Waals surface area contributed by atoms with E-state index >= 15 is 0 Å². The second-order valence-corrected chi connectivity index (χ2v) is 4.65. The first-order valence-electron chi connectivity index (χ1n) is 6.15. The van der Waals surface area contributed by atoms with Crippen LogP contribution in [-0.2, 0) is 5.60 Å². The van der Waals surface area contributed by atoms with Crippen molar-refractivity contribution in [2.45, 2.75) is 12.5 Å². The number of hydrogen-bond donors (Lipinski definition) is 3. The van der Waals surface area contributed by atoms with Gasteiger partial charge in [-0.05, 0) is 31.2 Å². The molecule has 2 aromatic heterocycles. The Hall–Kier alpha value is -2.67. The van der Waals surface area contributed by atoms with Crippen LogP contribution in [0.1, 0.15) is 33.7 Å². The number of nitrogens with zero attached hydrogens (tertiary/aromatic N) is 1. The molecule has 0 aromatic carbocycles. The third-order valence-corrected chi connectivity index (χ3v) is 2.85. The number of carboxylic acid groups (broad SMARTS) is 1. The number of carboxylic acids is 1. The molecule has 1 amide bonds. The number of furan rings is 1. The zero-order chi connectivity index (χ0) is 15.5. The SMILES string of the molecule is CC(O)(CNC(=O)c1cccc(C(=O)O)n1)c1ccco1. The van der Waals surface area contributed by atoms with Gasteiger partial charge in [0.1, 0.15) is 22.7 Å². The van der Waals surface area contributed by atoms with Crippen molar-refractivity contribution in [3.05, 3.63) is 53.7 Å². The molecule has 7 heteroatoms. The Balaban J connectivity index is 2.05. The van der Waals surface area contributed by atoms with Gasteiger partial charge in [0.05, 0.1) is 12.8 Å². The van der Waals surface area contributed by atoms with Crippen LogP contribution in [0.5, 0.6) is 0 Å². The molecule has 0 radical (unpaired) electrons. The van der Waals surface area contributed by atoms with E-state index in [0.29, 0.717) is 5.76 Å². The van der Waals surface area contributed by atoms with Crippen molar-refractivity contribution in [2.24, 2.45) is 0 Å². The second kappa shape index (κ2) is 5.76. The second-order valence-electron chi connectivity index (χ2n) is 4.65. The summed E-state index contributed by atoms with van der Waals surface area (Å²) in [7, 11) is 0. The summed E-state index contributed by atoms with van der Waals surface area (Å²) in [6.45, 7) is 1.39. The van der Waals surface area contributed by atoms with Gasteiger partial charge in [-0.3, -0.25) is 4.79 Å². The molecule has 1 atom stereocenters. The molecule has 0 spiro atoms. The quantitative estimate of drug-likeness (QED) is 0.757. The molecule has 110 valence electrons. The molecule has 2 aromatic rings. The highest BCUT2D eigenvalue weighted by atomic mass is 16.4. The van der Waals surface area contributed by atoms with Crippen molar-refractivity contribution in [3.63, 3.8) is 0 Å². The fourth-order valence-corrected chi connectivity index (χ4v) is 1.70. The summed E-state index contributed by atoms with van der Waals surface area (Å²) in [5.74, 6) is -1.48. The summed E-state index contributed by atoms with van der Waals surface area (Å²) in [6.07, 6.45) is 1.42. The molecular formula is C14H14N2O5. The van der Waals surface area contributed by atoms with Crippen molar-refractivity contribution in [1.82, 2.24) is 10.3 Å². The Morgan fingerprint density at radius 3 is 2.62 bits per heavy atom. The number of aromatic carboxylic acids is 1. The predicted molar refractivity (Wildman–Crippen MR) is 71.8 cm³/mol. The first-order chi connectivity index (χ1) is 9.90. The van der Waals surface area contributed by atoms with E-state index in [1.807, 2.05) is 0 Å². The van der Waals surface area contributed by atoms with E-state index in [2.05, 4.69) is 10.3 Å². The monoisotopic (exact) mass is 290 g/mol. The lowest BCUT2D eigenvalue weighted by Gasteiger charge is -2.20. The van der Waals surface area contributed by atoms with Crippen LogP contribution in [0.25, 0.3) is 0 Å². The van der Waals surface area contributed by atoms with Crippen molar-refractivity contribution in [3.8, 4) is 0 Å². The average molecular weight is 290 g/mol. The van der Waals surface area contributed by atoms with E-state index in [1.54, 1.807) is 12.1 Å². The molecule has 0 aliphatic heterocycles. The maximum Gasteiger partial charge on any atom is 0.354 e. The summed E-state index contributed by atoms with van der Waals surface area (Å²) >= 11 is 0. The van der Waals surface area contributed by atoms with Crippen molar-refractivity contribution in [1.29, 1.82) is 0 Å². The number of aromatic nitrogens is 1. The van der Waals surface area contributed by atoms with E-state index in [0.717, 1.165) is 0 Å². The molecule has 7 nitrogen and oxygen atoms in total. The van der Waals surface area contributed by atoms with Crippen LogP contribution in [0.15, 0.2) is 41.0 Å². The van der Waals surface area contributed by atoms with Gasteiger partial charge in [0.2, 0.25) is 0 Å². The minimum atomic E-state index is -1.37. The van der Waals surface area contributed by atoms with Gasteiger partial charge in [-0.2, -0.15) is 0 Å². The van der Waals surface area contributed by atoms with E-state index in [-0.39, 0.29) is 17.9 Å². The van der Waals surface area contributed by atoms with E-state index < -0.39 is 17.5 Å². The minimum Gasteiger partial charge on any atom is -0.477 e. The molecule has 2 rings (SSSR count). The molecule has 0 saturated heterocycles. The fourth-order valence-electron chi connectivity index (χ4n) is 1.70. The lowest BCUT2D eigenvalue weighted by atomic mass is 10.0. The van der Waals surface area contributed by atoms with Crippen LogP contribution in [0, 0.1) is 0 Å². The molecule has 1 unspecified atom stereocenters. The Morgan fingerprint density at radius 2 is 2.00 bits per heavy atom. The molecule has 21 heavy (non-hydrogen) atoms. The van der Waals surface area contributed by atoms with Gasteiger partial charge in [-0.1, -0.05) is 6.07 Å². The minimum absolute atomic E-state index is 0.0369. The normalized spacial score (nSPS) is 13.4. The van der Waals surface area contributed by atoms with Gasteiger partial charge in [-0.25, -0.2) is 9.78 Å². The summed E-state index contributed by atoms with van der Waals surface area (Å²) in [6, 6.07) is 7.33. The maximum absolute atomic E-state index is 11.9. The first-order valence-corrected chi connectivity index (χ1v) is 6.15. The maximum atomic E-state index is 11.9. The van der Waals surface area contributed by atoms with Crippen LogP contribution in [0.4, 0.5) is 0 Å². The zero-order valence-electron chi connectivity index (χ0n) is 11.2. The number of amides is 1. The molecule has 0 aliphatic rings. The van der Waals surface area contributed by atoms with Gasteiger partial charge >= 0.3 is 5.97 Å². The van der Waals surface area contributed by atoms with Crippen molar-refractivity contribution >= 4 is 11.9 Å². The lowest BCUT2D eigenvalue weighted by Crippen LogP contribution is -2.38. The van der Waals surface area contributed by atoms with Crippen LogP contribution in [0.3, 0.4) is 0 Å². The molecule has 0 aliphatic carbocycles. The Kier molecular flexibility index (Phi) is 4.04. The Labute approximate surface area is 120 Å². The first kappa shape index (κ1) is 14.7. The molecule has 3 N–H and O–H groups in total. The smallest absolute Gasteiger partial charge is 0.354 e. The Bertz CT molecular complexity index is 649. The number of carbonyl (C=O) groups excluding carboxylic acids is 1. The Morgan fingerprint density at radius 1 is 1.29 bits per heavy atom. The molecule has 0 saturated carbocycles. The largest absolute Gasteiger partial charge is 0.477 e. The van der Waals surface area contributed by atoms with Crippen LogP contribution in [-0.4, -0.2) is 33.6 Å². The molecular weight excluding hydrogens is 276 g/mol. The van der Waals surface area contributed by atoms with Gasteiger partial charge in [-0.15, -0.1) is 0 Å². The van der Waals surface area contributed by atoms with Gasteiger partial charge in [0.15, 0.2) is 0 Å². The third kappa shape index (κ3) is 3.46. The lowest BCUT2D eigenvalue weighted by molar-refractivity contribution is 0.0329. The number of nitrogens with one attached hydrogen (secondary N) is 1. The number of aliphatic hydroxyl groups is 1. The van der Waals surface area contributed by atoms with Gasteiger partial charge < -0.3 is 19.9 Å². The average Bonchev–Trinajstić information content (AvgIpc) is 3.00. The topological polar surface area (TPSA) is 113 Å². The number of hydrogen-bond acceptors (Lipinski definition) is 5. The summed E-state index contributed by atoms with van der Waals surface area (Å²) in [5, 5.41) is 21.5. The molecule has 2 heterocycles. The number of rotatable bonds is 5. The predicted octanol–water partition coefficient (Wildman–Crippen LogP) is 1.01. The third-order valence-electron chi connectivity index (χ3n) is 2.85. The van der Waals surface area contributed by atoms with E-state index in [4.69, 9.17) is 9.52 Å². The number of pyridine rings is 1. The van der Waals surface area contributed by atoms with Crippen LogP contribution >= 0.6 is 0 Å². The van der Waals surface area contributed by atoms with Crippen LogP contribution in [0.2, 0.25) is 0 Å². The van der Waals surface area contributed by atoms with Crippen molar-refractivity contribution < 1.29 is 24.2 Å². The summed E-state index contributed by atoms with van der Waals surface area (Å²) in [4.78, 5) is 26.4. The molecule has 0 bridgehead atoms. The zero-order valence-corrected chi connectivity index (χ0v) is 11.2. The number of carbonyl (C=O) groups is 2. The highest BCUT2D eigenvalue weighted by molar-refractivity contribution is 5.94. The fraction of sp³-hybridized carbons (Fsp3) is 0.214. The highest BCUT2D eigenvalue weighted by Crippen LogP contribution is 2.19. The molecule has 0 fully saturated rings. The van der Waals surface area contributed by atoms with E-state index in [9.17, 15) is 14.7 Å². The van der Waals surface area contributed by atoms with Crippen molar-refractivity contribution in [2.75, 3.05) is 6.54 Å². The summed E-state index contributed by atoms with van der Waals surface area (Å²) in [5.41, 5.74) is -1.63. The highest BCUT2D eigenvalue weighted by Gasteiger charge is 2.27. The van der Waals surface area contributed by atoms with Gasteiger partial charge in [0, 0.05) is 0 Å². The summed E-state index contributed by atoms with van der Waals surface area (Å²) < 4.78 is 5.09.